The van der Waals surface area contributed by atoms with Gasteiger partial charge in [0.1, 0.15) is 5.41 Å². The molecule has 0 aliphatic carbocycles. The van der Waals surface area contributed by atoms with E-state index in [-0.39, 0.29) is 0 Å². The van der Waals surface area contributed by atoms with Crippen molar-refractivity contribution in [2.45, 2.75) is 13.3 Å². The summed E-state index contributed by atoms with van der Waals surface area (Å²) in [5, 5.41) is 12.4. The highest BCUT2D eigenvalue weighted by molar-refractivity contribution is 5.77. The summed E-state index contributed by atoms with van der Waals surface area (Å²) in [4.78, 5) is 11.2. The number of rotatable bonds is 5. The maximum atomic E-state index is 11.2. The van der Waals surface area contributed by atoms with Crippen molar-refractivity contribution in [2.75, 3.05) is 25.1 Å². The van der Waals surface area contributed by atoms with E-state index in [1.807, 2.05) is 24.3 Å². The van der Waals surface area contributed by atoms with Crippen molar-refractivity contribution in [2.24, 2.45) is 5.41 Å². The van der Waals surface area contributed by atoms with Gasteiger partial charge in [-0.2, -0.15) is 0 Å². The predicted octanol–water partition coefficient (Wildman–Crippen LogP) is 1.76. The van der Waals surface area contributed by atoms with E-state index in [0.717, 1.165) is 12.1 Å². The van der Waals surface area contributed by atoms with Gasteiger partial charge >= 0.3 is 5.97 Å². The Morgan fingerprint density at radius 3 is 2.71 bits per heavy atom. The summed E-state index contributed by atoms with van der Waals surface area (Å²) in [7, 11) is 0. The zero-order chi connectivity index (χ0) is 12.3. The largest absolute Gasteiger partial charge is 0.481 e. The van der Waals surface area contributed by atoms with Crippen LogP contribution in [0.1, 0.15) is 12.5 Å². The molecule has 17 heavy (non-hydrogen) atoms. The molecule has 0 unspecified atom stereocenters. The minimum absolute atomic E-state index is 0.295. The molecule has 1 aliphatic heterocycles. The topological polar surface area (TPSA) is 58.6 Å². The molecule has 1 aliphatic rings. The number of ether oxygens (including phenoxy) is 1. The van der Waals surface area contributed by atoms with E-state index in [1.165, 1.54) is 5.56 Å². The number of carboxylic acid groups (broad SMARTS) is 1. The van der Waals surface area contributed by atoms with Crippen molar-refractivity contribution < 1.29 is 14.6 Å². The van der Waals surface area contributed by atoms with Crippen LogP contribution in [0.25, 0.3) is 0 Å². The summed E-state index contributed by atoms with van der Waals surface area (Å²) < 4.78 is 5.02. The molecule has 0 bridgehead atoms. The lowest BCUT2D eigenvalue weighted by molar-refractivity contribution is -0.176. The van der Waals surface area contributed by atoms with Gasteiger partial charge in [0.2, 0.25) is 0 Å². The van der Waals surface area contributed by atoms with Gasteiger partial charge in [-0.1, -0.05) is 25.1 Å². The van der Waals surface area contributed by atoms with Crippen LogP contribution in [0.15, 0.2) is 24.3 Å². The Bertz CT molecular complexity index is 413. The van der Waals surface area contributed by atoms with E-state index < -0.39 is 11.4 Å². The van der Waals surface area contributed by atoms with Gasteiger partial charge in [0.25, 0.3) is 0 Å². The zero-order valence-electron chi connectivity index (χ0n) is 9.90. The van der Waals surface area contributed by atoms with E-state index in [4.69, 9.17) is 9.84 Å². The van der Waals surface area contributed by atoms with Gasteiger partial charge in [0, 0.05) is 12.2 Å². The molecule has 0 atom stereocenters. The first kappa shape index (κ1) is 11.9. The highest BCUT2D eigenvalue weighted by Gasteiger charge is 2.46. The average molecular weight is 235 g/mol. The van der Waals surface area contributed by atoms with Crippen LogP contribution >= 0.6 is 0 Å². The second-order valence-electron chi connectivity index (χ2n) is 4.44. The molecular formula is C13H17NO3. The van der Waals surface area contributed by atoms with Gasteiger partial charge in [0.05, 0.1) is 13.2 Å². The van der Waals surface area contributed by atoms with Crippen molar-refractivity contribution in [3.8, 4) is 0 Å². The van der Waals surface area contributed by atoms with Crippen LogP contribution in [-0.2, 0) is 16.0 Å². The van der Waals surface area contributed by atoms with Crippen molar-refractivity contribution in [1.29, 1.82) is 0 Å². The lowest BCUT2D eigenvalue weighted by Crippen LogP contribution is -2.53. The molecule has 0 spiro atoms. The molecule has 1 aromatic rings. The van der Waals surface area contributed by atoms with E-state index in [9.17, 15) is 4.79 Å². The number of aliphatic carboxylic acids is 1. The maximum Gasteiger partial charge on any atom is 0.316 e. The number of para-hydroxylation sites is 1. The quantitative estimate of drug-likeness (QED) is 0.816. The fourth-order valence-electron chi connectivity index (χ4n) is 1.92. The van der Waals surface area contributed by atoms with Crippen LogP contribution in [0.3, 0.4) is 0 Å². The second-order valence-corrected chi connectivity index (χ2v) is 4.44. The van der Waals surface area contributed by atoms with Gasteiger partial charge in [-0.25, -0.2) is 0 Å². The first-order chi connectivity index (χ1) is 8.18. The molecule has 0 amide bonds. The SMILES string of the molecule is CCc1ccccc1NCC1(C(=O)O)COC1. The van der Waals surface area contributed by atoms with Crippen LogP contribution in [-0.4, -0.2) is 30.8 Å². The summed E-state index contributed by atoms with van der Waals surface area (Å²) in [5.41, 5.74) is 1.47. The average Bonchev–Trinajstić information content (AvgIpc) is 2.27. The molecule has 4 heteroatoms. The zero-order valence-corrected chi connectivity index (χ0v) is 9.90. The Hall–Kier alpha value is -1.55. The molecule has 0 radical (unpaired) electrons. The van der Waals surface area contributed by atoms with Gasteiger partial charge in [-0.15, -0.1) is 0 Å². The molecule has 1 heterocycles. The summed E-state index contributed by atoms with van der Waals surface area (Å²) in [6.45, 7) is 3.09. The number of carboxylic acids is 1. The molecule has 1 fully saturated rings. The first-order valence-electron chi connectivity index (χ1n) is 5.81. The van der Waals surface area contributed by atoms with Crippen molar-refractivity contribution >= 4 is 11.7 Å². The monoisotopic (exact) mass is 235 g/mol. The Morgan fingerprint density at radius 1 is 1.47 bits per heavy atom. The highest BCUT2D eigenvalue weighted by Crippen LogP contribution is 2.29. The minimum Gasteiger partial charge on any atom is -0.481 e. The van der Waals surface area contributed by atoms with Crippen LogP contribution in [0, 0.1) is 5.41 Å². The number of hydrogen-bond donors (Lipinski definition) is 2. The normalized spacial score (nSPS) is 17.2. The fourth-order valence-corrected chi connectivity index (χ4v) is 1.92. The second kappa shape index (κ2) is 4.75. The lowest BCUT2D eigenvalue weighted by atomic mass is 9.86. The molecule has 4 nitrogen and oxygen atoms in total. The van der Waals surface area contributed by atoms with E-state index in [0.29, 0.717) is 19.8 Å². The maximum absolute atomic E-state index is 11.2. The van der Waals surface area contributed by atoms with Gasteiger partial charge in [-0.3, -0.25) is 4.79 Å². The van der Waals surface area contributed by atoms with Crippen LogP contribution in [0.2, 0.25) is 0 Å². The van der Waals surface area contributed by atoms with E-state index in [1.54, 1.807) is 0 Å². The standard InChI is InChI=1S/C13H17NO3/c1-2-10-5-3-4-6-11(10)14-7-13(12(15)16)8-17-9-13/h3-6,14H,2,7-9H2,1H3,(H,15,16). The third kappa shape index (κ3) is 2.26. The number of anilines is 1. The predicted molar refractivity (Wildman–Crippen MR) is 65.2 cm³/mol. The van der Waals surface area contributed by atoms with Crippen molar-refractivity contribution in [3.63, 3.8) is 0 Å². The number of aryl methyl sites for hydroxylation is 1. The third-order valence-corrected chi connectivity index (χ3v) is 3.23. The molecule has 1 aromatic carbocycles. The molecular weight excluding hydrogens is 218 g/mol. The molecule has 1 saturated heterocycles. The first-order valence-corrected chi connectivity index (χ1v) is 5.81. The number of nitrogens with one attached hydrogen (secondary N) is 1. The van der Waals surface area contributed by atoms with Gasteiger partial charge in [-0.05, 0) is 18.1 Å². The Kier molecular flexibility index (Phi) is 3.33. The Balaban J connectivity index is 2.04. The fraction of sp³-hybridized carbons (Fsp3) is 0.462. The number of carbonyl (C=O) groups is 1. The van der Waals surface area contributed by atoms with Gasteiger partial charge in [0.15, 0.2) is 0 Å². The molecule has 0 saturated carbocycles. The Labute approximate surface area is 101 Å². The third-order valence-electron chi connectivity index (χ3n) is 3.23. The van der Waals surface area contributed by atoms with Crippen molar-refractivity contribution in [3.05, 3.63) is 29.8 Å². The van der Waals surface area contributed by atoms with Gasteiger partial charge < -0.3 is 15.2 Å². The molecule has 2 N–H and O–H groups in total. The summed E-state index contributed by atoms with van der Waals surface area (Å²) in [6.07, 6.45) is 0.930. The van der Waals surface area contributed by atoms with Crippen LogP contribution < -0.4 is 5.32 Å². The summed E-state index contributed by atoms with van der Waals surface area (Å²) in [6, 6.07) is 7.97. The van der Waals surface area contributed by atoms with Crippen molar-refractivity contribution in [1.82, 2.24) is 0 Å². The van der Waals surface area contributed by atoms with Crippen LogP contribution in [0.5, 0.6) is 0 Å². The van der Waals surface area contributed by atoms with E-state index in [2.05, 4.69) is 12.2 Å². The smallest absolute Gasteiger partial charge is 0.316 e. The summed E-state index contributed by atoms with van der Waals surface area (Å²) >= 11 is 0. The summed E-state index contributed by atoms with van der Waals surface area (Å²) in [5.74, 6) is -0.787. The van der Waals surface area contributed by atoms with E-state index >= 15 is 0 Å². The molecule has 0 aromatic heterocycles. The molecule has 92 valence electrons. The number of hydrogen-bond acceptors (Lipinski definition) is 3. The molecule has 2 rings (SSSR count). The highest BCUT2D eigenvalue weighted by atomic mass is 16.5. The minimum atomic E-state index is -0.787. The lowest BCUT2D eigenvalue weighted by Gasteiger charge is -2.37. The van der Waals surface area contributed by atoms with Crippen LogP contribution in [0.4, 0.5) is 5.69 Å². The number of benzene rings is 1. The Morgan fingerprint density at radius 2 is 2.18 bits per heavy atom.